The van der Waals surface area contributed by atoms with Crippen molar-refractivity contribution in [1.82, 2.24) is 15.3 Å². The number of likely N-dealkylation sites (N-methyl/N-ethyl adjacent to an activating group) is 1. The molecule has 0 saturated carbocycles. The lowest BCUT2D eigenvalue weighted by Gasteiger charge is -2.10. The molecule has 4 nitrogen and oxygen atoms in total. The molecule has 1 aromatic heterocycles. The minimum absolute atomic E-state index is 0.887. The van der Waals surface area contributed by atoms with E-state index in [-0.39, 0.29) is 0 Å². The highest BCUT2D eigenvalue weighted by atomic mass is 79.9. The second kappa shape index (κ2) is 5.93. The van der Waals surface area contributed by atoms with Gasteiger partial charge in [0.05, 0.1) is 15.7 Å². The Labute approximate surface area is 109 Å². The molecular formula is C12H15BrN4. The van der Waals surface area contributed by atoms with Gasteiger partial charge in [-0.2, -0.15) is 0 Å². The second-order valence-electron chi connectivity index (χ2n) is 3.63. The van der Waals surface area contributed by atoms with Crippen LogP contribution in [0.25, 0.3) is 11.0 Å². The molecule has 0 atom stereocenters. The van der Waals surface area contributed by atoms with Crippen LogP contribution in [0.3, 0.4) is 0 Å². The molecule has 0 spiro atoms. The number of hydrogen-bond acceptors (Lipinski definition) is 4. The van der Waals surface area contributed by atoms with Crippen LogP contribution in [0.4, 0.5) is 5.69 Å². The summed E-state index contributed by atoms with van der Waals surface area (Å²) in [4.78, 5) is 8.58. The van der Waals surface area contributed by atoms with Gasteiger partial charge < -0.3 is 10.6 Å². The molecular weight excluding hydrogens is 280 g/mol. The first-order valence-electron chi connectivity index (χ1n) is 5.66. The predicted molar refractivity (Wildman–Crippen MR) is 74.3 cm³/mol. The van der Waals surface area contributed by atoms with Gasteiger partial charge in [-0.25, -0.2) is 0 Å². The van der Waals surface area contributed by atoms with Crippen LogP contribution in [-0.2, 0) is 0 Å². The Morgan fingerprint density at radius 2 is 2.00 bits per heavy atom. The number of fused-ring (bicyclic) bond motifs is 1. The predicted octanol–water partition coefficient (Wildman–Crippen LogP) is 2.41. The van der Waals surface area contributed by atoms with E-state index in [1.807, 2.05) is 12.1 Å². The van der Waals surface area contributed by atoms with Gasteiger partial charge in [0.15, 0.2) is 0 Å². The lowest BCUT2D eigenvalue weighted by atomic mass is 10.2. The fraction of sp³-hybridized carbons (Fsp3) is 0.333. The van der Waals surface area contributed by atoms with E-state index in [9.17, 15) is 0 Å². The van der Waals surface area contributed by atoms with E-state index < -0.39 is 0 Å². The SMILES string of the molecule is CCNCCNc1ccc2nccnc2c1Br. The van der Waals surface area contributed by atoms with E-state index >= 15 is 0 Å². The van der Waals surface area contributed by atoms with Gasteiger partial charge >= 0.3 is 0 Å². The zero-order valence-corrected chi connectivity index (χ0v) is 11.3. The highest BCUT2D eigenvalue weighted by Crippen LogP contribution is 2.28. The Bertz CT molecular complexity index is 501. The molecule has 0 aliphatic rings. The number of rotatable bonds is 5. The van der Waals surface area contributed by atoms with Crippen molar-refractivity contribution in [2.75, 3.05) is 25.0 Å². The molecule has 0 aliphatic carbocycles. The van der Waals surface area contributed by atoms with Crippen molar-refractivity contribution >= 4 is 32.7 Å². The maximum absolute atomic E-state index is 4.32. The Hall–Kier alpha value is -1.20. The molecule has 2 rings (SSSR count). The zero-order valence-electron chi connectivity index (χ0n) is 9.70. The Kier molecular flexibility index (Phi) is 4.28. The van der Waals surface area contributed by atoms with Gasteiger partial charge in [0, 0.05) is 25.5 Å². The third kappa shape index (κ3) is 2.92. The minimum atomic E-state index is 0.887. The molecule has 0 aliphatic heterocycles. The maximum Gasteiger partial charge on any atom is 0.105 e. The molecule has 1 aromatic carbocycles. The summed E-state index contributed by atoms with van der Waals surface area (Å²) in [5, 5.41) is 6.63. The normalized spacial score (nSPS) is 10.7. The Morgan fingerprint density at radius 1 is 1.18 bits per heavy atom. The molecule has 0 unspecified atom stereocenters. The van der Waals surface area contributed by atoms with Crippen LogP contribution in [0.5, 0.6) is 0 Å². The summed E-state index contributed by atoms with van der Waals surface area (Å²) in [7, 11) is 0. The van der Waals surface area contributed by atoms with Crippen LogP contribution in [0.2, 0.25) is 0 Å². The number of nitrogens with zero attached hydrogens (tertiary/aromatic N) is 2. The summed E-state index contributed by atoms with van der Waals surface area (Å²) in [5.74, 6) is 0. The molecule has 0 amide bonds. The van der Waals surface area contributed by atoms with Gasteiger partial charge in [-0.15, -0.1) is 0 Å². The number of aromatic nitrogens is 2. The van der Waals surface area contributed by atoms with E-state index in [0.29, 0.717) is 0 Å². The number of anilines is 1. The van der Waals surface area contributed by atoms with E-state index in [1.165, 1.54) is 0 Å². The van der Waals surface area contributed by atoms with Crippen molar-refractivity contribution < 1.29 is 0 Å². The molecule has 0 radical (unpaired) electrons. The average molecular weight is 295 g/mol. The van der Waals surface area contributed by atoms with Gasteiger partial charge in [-0.05, 0) is 34.6 Å². The first-order valence-corrected chi connectivity index (χ1v) is 6.46. The molecule has 2 N–H and O–H groups in total. The van der Waals surface area contributed by atoms with E-state index in [4.69, 9.17) is 0 Å². The Morgan fingerprint density at radius 3 is 2.82 bits per heavy atom. The van der Waals surface area contributed by atoms with Crippen molar-refractivity contribution in [3.8, 4) is 0 Å². The molecule has 0 saturated heterocycles. The zero-order chi connectivity index (χ0) is 12.1. The summed E-state index contributed by atoms with van der Waals surface area (Å²) in [6, 6.07) is 4.00. The van der Waals surface area contributed by atoms with E-state index in [2.05, 4.69) is 43.5 Å². The molecule has 0 bridgehead atoms. The van der Waals surface area contributed by atoms with Crippen molar-refractivity contribution in [3.05, 3.63) is 29.0 Å². The summed E-state index contributed by atoms with van der Waals surface area (Å²) in [6.45, 7) is 4.92. The molecule has 90 valence electrons. The largest absolute Gasteiger partial charge is 0.383 e. The quantitative estimate of drug-likeness (QED) is 0.832. The van der Waals surface area contributed by atoms with Crippen LogP contribution < -0.4 is 10.6 Å². The summed E-state index contributed by atoms with van der Waals surface area (Å²) in [6.07, 6.45) is 3.41. The maximum atomic E-state index is 4.32. The minimum Gasteiger partial charge on any atom is -0.383 e. The lowest BCUT2D eigenvalue weighted by Crippen LogP contribution is -2.21. The van der Waals surface area contributed by atoms with Gasteiger partial charge in [0.2, 0.25) is 0 Å². The third-order valence-electron chi connectivity index (χ3n) is 2.45. The van der Waals surface area contributed by atoms with Gasteiger partial charge in [0.25, 0.3) is 0 Å². The summed E-state index contributed by atoms with van der Waals surface area (Å²) < 4.78 is 0.972. The monoisotopic (exact) mass is 294 g/mol. The highest BCUT2D eigenvalue weighted by Gasteiger charge is 2.05. The fourth-order valence-corrected chi connectivity index (χ4v) is 2.18. The molecule has 1 heterocycles. The van der Waals surface area contributed by atoms with Crippen LogP contribution in [0.1, 0.15) is 6.92 Å². The second-order valence-corrected chi connectivity index (χ2v) is 4.42. The first-order chi connectivity index (χ1) is 8.33. The topological polar surface area (TPSA) is 49.8 Å². The van der Waals surface area contributed by atoms with Crippen LogP contribution in [0, 0.1) is 0 Å². The number of hydrogen-bond donors (Lipinski definition) is 2. The summed E-state index contributed by atoms with van der Waals surface area (Å²) in [5.41, 5.74) is 2.84. The van der Waals surface area contributed by atoms with Crippen LogP contribution in [-0.4, -0.2) is 29.6 Å². The summed E-state index contributed by atoms with van der Waals surface area (Å²) >= 11 is 3.57. The fourth-order valence-electron chi connectivity index (χ4n) is 1.60. The van der Waals surface area contributed by atoms with Gasteiger partial charge in [-0.1, -0.05) is 6.92 Å². The molecule has 2 aromatic rings. The number of halogens is 1. The highest BCUT2D eigenvalue weighted by molar-refractivity contribution is 9.10. The van der Waals surface area contributed by atoms with E-state index in [0.717, 1.165) is 40.8 Å². The molecule has 0 fully saturated rings. The molecule has 5 heteroatoms. The van der Waals surface area contributed by atoms with Crippen LogP contribution in [0.15, 0.2) is 29.0 Å². The molecule has 17 heavy (non-hydrogen) atoms. The van der Waals surface area contributed by atoms with Crippen LogP contribution >= 0.6 is 15.9 Å². The third-order valence-corrected chi connectivity index (χ3v) is 3.25. The van der Waals surface area contributed by atoms with Gasteiger partial charge in [-0.3, -0.25) is 9.97 Å². The number of benzene rings is 1. The lowest BCUT2D eigenvalue weighted by molar-refractivity contribution is 0.739. The Balaban J connectivity index is 2.15. The van der Waals surface area contributed by atoms with Crippen molar-refractivity contribution in [1.29, 1.82) is 0 Å². The number of nitrogens with one attached hydrogen (secondary N) is 2. The smallest absolute Gasteiger partial charge is 0.105 e. The standard InChI is InChI=1S/C12H15BrN4/c1-2-14-5-6-15-9-3-4-10-12(11(9)13)17-8-7-16-10/h3-4,7-8,14-15H,2,5-6H2,1H3. The van der Waals surface area contributed by atoms with Crippen molar-refractivity contribution in [2.24, 2.45) is 0 Å². The van der Waals surface area contributed by atoms with E-state index in [1.54, 1.807) is 12.4 Å². The van der Waals surface area contributed by atoms with Crippen molar-refractivity contribution in [3.63, 3.8) is 0 Å². The average Bonchev–Trinajstić information content (AvgIpc) is 2.37. The van der Waals surface area contributed by atoms with Crippen molar-refractivity contribution in [2.45, 2.75) is 6.92 Å². The van der Waals surface area contributed by atoms with Gasteiger partial charge in [0.1, 0.15) is 5.52 Å². The first kappa shape index (κ1) is 12.3.